The molecule has 18 heavy (non-hydrogen) atoms. The van der Waals surface area contributed by atoms with E-state index in [9.17, 15) is 9.18 Å². The number of nitrogens with one attached hydrogen (secondary N) is 2. The van der Waals surface area contributed by atoms with Crippen LogP contribution in [0.5, 0.6) is 0 Å². The maximum Gasteiger partial charge on any atom is 0.252 e. The quantitative estimate of drug-likeness (QED) is 0.865. The van der Waals surface area contributed by atoms with Gasteiger partial charge in [-0.3, -0.25) is 4.79 Å². The number of hydrogen-bond acceptors (Lipinski definition) is 4. The average Bonchev–Trinajstić information content (AvgIpc) is 2.41. The first-order valence-electron chi connectivity index (χ1n) is 5.26. The first kappa shape index (κ1) is 12.0. The van der Waals surface area contributed by atoms with Gasteiger partial charge in [0, 0.05) is 13.2 Å². The van der Waals surface area contributed by atoms with Crippen molar-refractivity contribution in [3.8, 4) is 0 Å². The van der Waals surface area contributed by atoms with E-state index in [1.54, 1.807) is 19.2 Å². The molecule has 0 saturated carbocycles. The number of rotatable bonds is 3. The summed E-state index contributed by atoms with van der Waals surface area (Å²) in [5.41, 5.74) is 0.468. The summed E-state index contributed by atoms with van der Waals surface area (Å²) < 4.78 is 12.7. The van der Waals surface area contributed by atoms with E-state index in [4.69, 9.17) is 0 Å². The van der Waals surface area contributed by atoms with Gasteiger partial charge in [0.05, 0.1) is 11.8 Å². The zero-order valence-electron chi connectivity index (χ0n) is 9.64. The highest BCUT2D eigenvalue weighted by Crippen LogP contribution is 2.12. The van der Waals surface area contributed by atoms with E-state index >= 15 is 0 Å². The summed E-state index contributed by atoms with van der Waals surface area (Å²) in [5, 5.41) is 5.40. The molecule has 0 aliphatic carbocycles. The molecule has 0 aliphatic heterocycles. The van der Waals surface area contributed by atoms with Crippen LogP contribution in [-0.4, -0.2) is 22.9 Å². The topological polar surface area (TPSA) is 66.9 Å². The largest absolute Gasteiger partial charge is 0.355 e. The molecule has 1 amide bonds. The van der Waals surface area contributed by atoms with E-state index in [0.717, 1.165) is 6.20 Å². The predicted octanol–water partition coefficient (Wildman–Crippen LogP) is 1.72. The molecule has 0 saturated heterocycles. The molecule has 2 aromatic rings. The molecule has 2 aromatic heterocycles. The lowest BCUT2D eigenvalue weighted by Gasteiger charge is -2.05. The molecular formula is C12H11FN4O. The predicted molar refractivity (Wildman–Crippen MR) is 65.1 cm³/mol. The fraction of sp³-hybridized carbons (Fsp3) is 0.0833. The number of anilines is 2. The first-order chi connectivity index (χ1) is 8.69. The molecular weight excluding hydrogens is 235 g/mol. The summed E-state index contributed by atoms with van der Waals surface area (Å²) in [5.74, 6) is 0.413. The van der Waals surface area contributed by atoms with Crippen LogP contribution in [-0.2, 0) is 0 Å². The second-order valence-electron chi connectivity index (χ2n) is 3.50. The molecule has 6 heteroatoms. The van der Waals surface area contributed by atoms with Gasteiger partial charge >= 0.3 is 0 Å². The lowest BCUT2D eigenvalue weighted by atomic mass is 10.2. The molecule has 0 bridgehead atoms. The number of amides is 1. The van der Waals surface area contributed by atoms with Crippen molar-refractivity contribution in [1.82, 2.24) is 15.3 Å². The van der Waals surface area contributed by atoms with Crippen LogP contribution in [0.25, 0.3) is 0 Å². The average molecular weight is 246 g/mol. The minimum absolute atomic E-state index is 0.200. The fourth-order valence-corrected chi connectivity index (χ4v) is 1.33. The van der Waals surface area contributed by atoms with Crippen LogP contribution in [0.15, 0.2) is 36.7 Å². The van der Waals surface area contributed by atoms with Crippen molar-refractivity contribution >= 4 is 17.5 Å². The summed E-state index contributed by atoms with van der Waals surface area (Å²) in [6.07, 6.45) is 2.56. The zero-order valence-corrected chi connectivity index (χ0v) is 9.64. The second kappa shape index (κ2) is 5.22. The van der Waals surface area contributed by atoms with Crippen LogP contribution in [0.1, 0.15) is 10.4 Å². The summed E-state index contributed by atoms with van der Waals surface area (Å²) >= 11 is 0. The standard InChI is InChI=1S/C12H11FN4O/c1-14-12(18)8-2-4-10(15-6-8)17-11-5-3-9(13)7-16-11/h2-7H,1H3,(H,14,18)(H,15,16,17). The van der Waals surface area contributed by atoms with Crippen LogP contribution >= 0.6 is 0 Å². The highest BCUT2D eigenvalue weighted by atomic mass is 19.1. The maximum absolute atomic E-state index is 12.7. The second-order valence-corrected chi connectivity index (χ2v) is 3.50. The maximum atomic E-state index is 12.7. The lowest BCUT2D eigenvalue weighted by Crippen LogP contribution is -2.17. The van der Waals surface area contributed by atoms with Crippen molar-refractivity contribution in [2.24, 2.45) is 0 Å². The van der Waals surface area contributed by atoms with E-state index in [0.29, 0.717) is 17.2 Å². The van der Waals surface area contributed by atoms with Crippen molar-refractivity contribution in [3.05, 3.63) is 48.0 Å². The molecule has 92 valence electrons. The third kappa shape index (κ3) is 2.79. The molecule has 2 rings (SSSR count). The molecule has 0 aromatic carbocycles. The Kier molecular flexibility index (Phi) is 3.47. The van der Waals surface area contributed by atoms with Crippen LogP contribution in [0.4, 0.5) is 16.0 Å². The molecule has 0 unspecified atom stereocenters. The van der Waals surface area contributed by atoms with E-state index < -0.39 is 5.82 Å². The molecule has 0 radical (unpaired) electrons. The van der Waals surface area contributed by atoms with Crippen LogP contribution < -0.4 is 10.6 Å². The molecule has 2 N–H and O–H groups in total. The number of carbonyl (C=O) groups excluding carboxylic acids is 1. The van der Waals surface area contributed by atoms with E-state index in [1.807, 2.05) is 0 Å². The summed E-state index contributed by atoms with van der Waals surface area (Å²) in [6.45, 7) is 0. The Bertz CT molecular complexity index is 539. The number of nitrogens with zero attached hydrogens (tertiary/aromatic N) is 2. The van der Waals surface area contributed by atoms with Crippen LogP contribution in [0.3, 0.4) is 0 Å². The van der Waals surface area contributed by atoms with Crippen molar-refractivity contribution in [2.45, 2.75) is 0 Å². The van der Waals surface area contributed by atoms with Gasteiger partial charge in [0.15, 0.2) is 0 Å². The third-order valence-electron chi connectivity index (χ3n) is 2.24. The van der Waals surface area contributed by atoms with Crippen LogP contribution in [0.2, 0.25) is 0 Å². The SMILES string of the molecule is CNC(=O)c1ccc(Nc2ccc(F)cn2)nc1. The number of carbonyl (C=O) groups is 1. The van der Waals surface area contributed by atoms with Gasteiger partial charge in [-0.05, 0) is 24.3 Å². The minimum atomic E-state index is -0.400. The Labute approximate surface area is 103 Å². The number of halogens is 1. The Balaban J connectivity index is 2.10. The van der Waals surface area contributed by atoms with E-state index in [-0.39, 0.29) is 5.91 Å². The third-order valence-corrected chi connectivity index (χ3v) is 2.24. The van der Waals surface area contributed by atoms with Crippen molar-refractivity contribution < 1.29 is 9.18 Å². The molecule has 0 atom stereocenters. The Morgan fingerprint density at radius 1 is 1.11 bits per heavy atom. The smallest absolute Gasteiger partial charge is 0.252 e. The Morgan fingerprint density at radius 3 is 2.28 bits per heavy atom. The van der Waals surface area contributed by atoms with Gasteiger partial charge in [0.1, 0.15) is 17.5 Å². The highest BCUT2D eigenvalue weighted by Gasteiger charge is 2.03. The molecule has 2 heterocycles. The van der Waals surface area contributed by atoms with Crippen molar-refractivity contribution in [2.75, 3.05) is 12.4 Å². The van der Waals surface area contributed by atoms with Crippen LogP contribution in [0, 0.1) is 5.82 Å². The first-order valence-corrected chi connectivity index (χ1v) is 5.26. The molecule has 5 nitrogen and oxygen atoms in total. The number of pyridine rings is 2. The lowest BCUT2D eigenvalue weighted by molar-refractivity contribution is 0.0963. The van der Waals surface area contributed by atoms with Gasteiger partial charge in [-0.1, -0.05) is 0 Å². The van der Waals surface area contributed by atoms with Gasteiger partial charge in [-0.2, -0.15) is 0 Å². The Morgan fingerprint density at radius 2 is 1.78 bits per heavy atom. The molecule has 0 fully saturated rings. The minimum Gasteiger partial charge on any atom is -0.355 e. The Hall–Kier alpha value is -2.50. The van der Waals surface area contributed by atoms with Gasteiger partial charge in [-0.15, -0.1) is 0 Å². The number of aromatic nitrogens is 2. The summed E-state index contributed by atoms with van der Waals surface area (Å²) in [4.78, 5) is 19.2. The van der Waals surface area contributed by atoms with E-state index in [1.165, 1.54) is 18.3 Å². The molecule has 0 spiro atoms. The normalized spacial score (nSPS) is 9.89. The summed E-state index contributed by atoms with van der Waals surface area (Å²) in [6, 6.07) is 6.09. The van der Waals surface area contributed by atoms with Gasteiger partial charge in [-0.25, -0.2) is 14.4 Å². The van der Waals surface area contributed by atoms with E-state index in [2.05, 4.69) is 20.6 Å². The fourth-order valence-electron chi connectivity index (χ4n) is 1.33. The number of hydrogen-bond donors (Lipinski definition) is 2. The summed E-state index contributed by atoms with van der Waals surface area (Å²) in [7, 11) is 1.55. The zero-order chi connectivity index (χ0) is 13.0. The molecule has 0 aliphatic rings. The van der Waals surface area contributed by atoms with Gasteiger partial charge < -0.3 is 10.6 Å². The highest BCUT2D eigenvalue weighted by molar-refractivity contribution is 5.93. The monoisotopic (exact) mass is 246 g/mol. The van der Waals surface area contributed by atoms with Gasteiger partial charge in [0.2, 0.25) is 0 Å². The van der Waals surface area contributed by atoms with Gasteiger partial charge in [0.25, 0.3) is 5.91 Å². The van der Waals surface area contributed by atoms with Crippen molar-refractivity contribution in [3.63, 3.8) is 0 Å². The van der Waals surface area contributed by atoms with Crippen molar-refractivity contribution in [1.29, 1.82) is 0 Å².